The van der Waals surface area contributed by atoms with Crippen molar-refractivity contribution in [2.24, 2.45) is 0 Å². The van der Waals surface area contributed by atoms with Crippen LogP contribution in [0.25, 0.3) is 0 Å². The molecule has 0 unspecified atom stereocenters. The Kier molecular flexibility index (Phi) is 6.13. The van der Waals surface area contributed by atoms with E-state index in [9.17, 15) is 4.39 Å². The normalized spacial score (nSPS) is 10.6. The van der Waals surface area contributed by atoms with E-state index in [0.717, 1.165) is 17.7 Å². The van der Waals surface area contributed by atoms with Crippen LogP contribution in [-0.2, 0) is 19.6 Å². The van der Waals surface area contributed by atoms with Crippen molar-refractivity contribution >= 4 is 17.3 Å². The minimum absolute atomic E-state index is 0.147. The van der Waals surface area contributed by atoms with Gasteiger partial charge < -0.3 is 10.1 Å². The molecule has 0 aliphatic heterocycles. The van der Waals surface area contributed by atoms with Gasteiger partial charge in [0.25, 0.3) is 0 Å². The maximum Gasteiger partial charge on any atom is 0.138 e. The minimum atomic E-state index is -0.279. The molecule has 0 atom stereocenters. The van der Waals surface area contributed by atoms with Crippen LogP contribution < -0.4 is 10.1 Å². The zero-order chi connectivity index (χ0) is 18.4. The van der Waals surface area contributed by atoms with Crippen LogP contribution in [0, 0.1) is 5.82 Å². The Bertz CT molecular complexity index is 864. The first kappa shape index (κ1) is 18.3. The molecule has 0 fully saturated rings. The van der Waals surface area contributed by atoms with Gasteiger partial charge in [-0.2, -0.15) is 0 Å². The van der Waals surface area contributed by atoms with Gasteiger partial charge in [-0.1, -0.05) is 54.9 Å². The summed E-state index contributed by atoms with van der Waals surface area (Å²) >= 11 is 6.31. The molecule has 3 rings (SSSR count). The third-order valence-corrected chi connectivity index (χ3v) is 4.49. The summed E-state index contributed by atoms with van der Waals surface area (Å²) in [6.45, 7) is 2.95. The Balaban J connectivity index is 1.59. The molecule has 0 spiro atoms. The van der Waals surface area contributed by atoms with Crippen LogP contribution in [0.4, 0.5) is 10.1 Å². The second-order valence-electron chi connectivity index (χ2n) is 6.05. The highest BCUT2D eigenvalue weighted by Crippen LogP contribution is 2.27. The Morgan fingerprint density at radius 1 is 0.962 bits per heavy atom. The van der Waals surface area contributed by atoms with E-state index in [1.807, 2.05) is 18.2 Å². The third-order valence-electron chi connectivity index (χ3n) is 4.20. The van der Waals surface area contributed by atoms with Gasteiger partial charge >= 0.3 is 0 Å². The molecule has 0 aliphatic rings. The van der Waals surface area contributed by atoms with Gasteiger partial charge in [0, 0.05) is 17.8 Å². The highest BCUT2D eigenvalue weighted by molar-refractivity contribution is 6.32. The highest BCUT2D eigenvalue weighted by atomic mass is 35.5. The molecule has 0 heterocycles. The van der Waals surface area contributed by atoms with Crippen LogP contribution in [0.1, 0.15) is 23.6 Å². The predicted molar refractivity (Wildman–Crippen MR) is 105 cm³/mol. The first-order valence-electron chi connectivity index (χ1n) is 8.63. The van der Waals surface area contributed by atoms with E-state index in [2.05, 4.69) is 36.5 Å². The summed E-state index contributed by atoms with van der Waals surface area (Å²) < 4.78 is 19.3. The Labute approximate surface area is 158 Å². The lowest BCUT2D eigenvalue weighted by molar-refractivity contribution is 0.300. The van der Waals surface area contributed by atoms with Gasteiger partial charge in [0.05, 0.1) is 5.02 Å². The molecule has 3 aromatic carbocycles. The van der Waals surface area contributed by atoms with E-state index in [1.54, 1.807) is 18.2 Å². The van der Waals surface area contributed by atoms with Gasteiger partial charge in [-0.15, -0.1) is 0 Å². The van der Waals surface area contributed by atoms with Gasteiger partial charge in [0.1, 0.15) is 18.2 Å². The second kappa shape index (κ2) is 8.72. The number of benzene rings is 3. The fourth-order valence-corrected chi connectivity index (χ4v) is 2.86. The Morgan fingerprint density at radius 2 is 1.69 bits per heavy atom. The first-order valence-corrected chi connectivity index (χ1v) is 9.01. The monoisotopic (exact) mass is 369 g/mol. The Hall–Kier alpha value is -2.52. The van der Waals surface area contributed by atoms with Crippen molar-refractivity contribution in [2.75, 3.05) is 5.32 Å². The molecule has 0 aliphatic carbocycles. The van der Waals surface area contributed by atoms with Crippen molar-refractivity contribution in [3.63, 3.8) is 0 Å². The molecule has 0 bridgehead atoms. The van der Waals surface area contributed by atoms with Crippen molar-refractivity contribution in [3.8, 4) is 5.75 Å². The molecular weight excluding hydrogens is 349 g/mol. The summed E-state index contributed by atoms with van der Waals surface area (Å²) in [4.78, 5) is 0. The van der Waals surface area contributed by atoms with Crippen molar-refractivity contribution in [1.29, 1.82) is 0 Å². The van der Waals surface area contributed by atoms with Crippen molar-refractivity contribution in [1.82, 2.24) is 0 Å². The largest absolute Gasteiger partial charge is 0.487 e. The molecule has 134 valence electrons. The molecule has 2 nitrogen and oxygen atoms in total. The van der Waals surface area contributed by atoms with E-state index in [4.69, 9.17) is 16.3 Å². The zero-order valence-electron chi connectivity index (χ0n) is 14.6. The van der Waals surface area contributed by atoms with E-state index in [-0.39, 0.29) is 12.4 Å². The number of hydrogen-bond donors (Lipinski definition) is 1. The zero-order valence-corrected chi connectivity index (χ0v) is 15.4. The van der Waals surface area contributed by atoms with Gasteiger partial charge in [-0.3, -0.25) is 0 Å². The lowest BCUT2D eigenvalue weighted by Crippen LogP contribution is -2.01. The van der Waals surface area contributed by atoms with E-state index < -0.39 is 0 Å². The van der Waals surface area contributed by atoms with Gasteiger partial charge in [0.15, 0.2) is 0 Å². The number of nitrogens with one attached hydrogen (secondary N) is 1. The van der Waals surface area contributed by atoms with Crippen LogP contribution in [0.5, 0.6) is 5.75 Å². The van der Waals surface area contributed by atoms with Gasteiger partial charge in [0.2, 0.25) is 0 Å². The van der Waals surface area contributed by atoms with Crippen LogP contribution >= 0.6 is 11.6 Å². The maximum atomic E-state index is 13.6. The predicted octanol–water partition coefficient (Wildman–Crippen LogP) is 6.23. The average molecular weight is 370 g/mol. The van der Waals surface area contributed by atoms with Crippen LogP contribution in [-0.4, -0.2) is 0 Å². The average Bonchev–Trinajstić information content (AvgIpc) is 2.67. The lowest BCUT2D eigenvalue weighted by atomic mass is 10.1. The fourth-order valence-electron chi connectivity index (χ4n) is 2.60. The molecule has 4 heteroatoms. The number of ether oxygens (including phenoxy) is 1. The summed E-state index contributed by atoms with van der Waals surface area (Å²) in [5.74, 6) is 0.268. The molecule has 0 amide bonds. The lowest BCUT2D eigenvalue weighted by Gasteiger charge is -2.11. The van der Waals surface area contributed by atoms with Crippen molar-refractivity contribution < 1.29 is 9.13 Å². The van der Waals surface area contributed by atoms with Crippen molar-refractivity contribution in [2.45, 2.75) is 26.5 Å². The van der Waals surface area contributed by atoms with Crippen LogP contribution in [0.3, 0.4) is 0 Å². The number of aryl methyl sites for hydroxylation is 1. The van der Waals surface area contributed by atoms with Gasteiger partial charge in [-0.25, -0.2) is 4.39 Å². The topological polar surface area (TPSA) is 21.3 Å². The SMILES string of the molecule is CCc1ccc(NCc2ccc(OCc3ccccc3F)c(Cl)c2)cc1. The quantitative estimate of drug-likeness (QED) is 0.532. The first-order chi connectivity index (χ1) is 12.7. The second-order valence-corrected chi connectivity index (χ2v) is 6.46. The molecule has 0 aromatic heterocycles. The molecule has 0 saturated carbocycles. The highest BCUT2D eigenvalue weighted by Gasteiger charge is 2.06. The molecule has 0 radical (unpaired) electrons. The summed E-state index contributed by atoms with van der Waals surface area (Å²) in [6.07, 6.45) is 1.03. The maximum absolute atomic E-state index is 13.6. The van der Waals surface area contributed by atoms with Gasteiger partial charge in [-0.05, 0) is 47.9 Å². The number of hydrogen-bond acceptors (Lipinski definition) is 2. The summed E-state index contributed by atoms with van der Waals surface area (Å²) in [6, 6.07) is 20.6. The fraction of sp³-hybridized carbons (Fsp3) is 0.182. The number of halogens is 2. The molecular formula is C22H21ClFNO. The Morgan fingerprint density at radius 3 is 2.38 bits per heavy atom. The summed E-state index contributed by atoms with van der Waals surface area (Å²) in [5.41, 5.74) is 3.94. The van der Waals surface area contributed by atoms with Crippen molar-refractivity contribution in [3.05, 3.63) is 94.3 Å². The van der Waals surface area contributed by atoms with E-state index >= 15 is 0 Å². The van der Waals surface area contributed by atoms with E-state index in [1.165, 1.54) is 11.6 Å². The molecule has 3 aromatic rings. The van der Waals surface area contributed by atoms with Crippen LogP contribution in [0.15, 0.2) is 66.7 Å². The smallest absolute Gasteiger partial charge is 0.138 e. The standard InChI is InChI=1S/C22H21ClFNO/c1-2-16-7-10-19(11-8-16)25-14-17-9-12-22(20(23)13-17)26-15-18-5-3-4-6-21(18)24/h3-13,25H,2,14-15H2,1H3. The third kappa shape index (κ3) is 4.77. The van der Waals surface area contributed by atoms with Crippen LogP contribution in [0.2, 0.25) is 5.02 Å². The van der Waals surface area contributed by atoms with E-state index in [0.29, 0.717) is 22.9 Å². The minimum Gasteiger partial charge on any atom is -0.487 e. The molecule has 26 heavy (non-hydrogen) atoms. The number of rotatable bonds is 7. The summed E-state index contributed by atoms with van der Waals surface area (Å²) in [7, 11) is 0. The molecule has 0 saturated heterocycles. The summed E-state index contributed by atoms with van der Waals surface area (Å²) in [5, 5.41) is 3.89. The number of anilines is 1. The molecule has 1 N–H and O–H groups in total.